The van der Waals surface area contributed by atoms with Crippen molar-refractivity contribution < 1.29 is 4.74 Å². The van der Waals surface area contributed by atoms with E-state index in [1.165, 1.54) is 12.2 Å². The summed E-state index contributed by atoms with van der Waals surface area (Å²) in [5.74, 6) is 4.75. The highest BCUT2D eigenvalue weighted by Gasteiger charge is 2.53. The molecule has 4 unspecified atom stereocenters. The molecule has 1 saturated carbocycles. The van der Waals surface area contributed by atoms with Gasteiger partial charge in [0.05, 0.1) is 12.4 Å². The SMILES string of the molecule is CC1C2=C(C1C)C1CC1CO2. The lowest BCUT2D eigenvalue weighted by atomic mass is 9.71. The molecule has 1 nitrogen and oxygen atoms in total. The minimum atomic E-state index is 0.714. The van der Waals surface area contributed by atoms with Gasteiger partial charge in [0.15, 0.2) is 0 Å². The van der Waals surface area contributed by atoms with Crippen LogP contribution >= 0.6 is 0 Å². The Bertz CT molecular complexity index is 241. The number of allylic oxidation sites excluding steroid dienone is 2. The normalized spacial score (nSPS) is 52.2. The van der Waals surface area contributed by atoms with Crippen molar-refractivity contribution in [1.29, 1.82) is 0 Å². The molecule has 0 N–H and O–H groups in total. The predicted octanol–water partition coefficient (Wildman–Crippen LogP) is 2.19. The lowest BCUT2D eigenvalue weighted by Gasteiger charge is -2.40. The predicted molar refractivity (Wildman–Crippen MR) is 42.9 cm³/mol. The van der Waals surface area contributed by atoms with E-state index in [1.807, 2.05) is 0 Å². The monoisotopic (exact) mass is 150 g/mol. The quantitative estimate of drug-likeness (QED) is 0.514. The van der Waals surface area contributed by atoms with E-state index in [1.54, 1.807) is 5.57 Å². The molecule has 60 valence electrons. The molecule has 1 heteroatoms. The van der Waals surface area contributed by atoms with Crippen LogP contribution in [0.2, 0.25) is 0 Å². The van der Waals surface area contributed by atoms with Crippen molar-refractivity contribution in [2.24, 2.45) is 23.7 Å². The second kappa shape index (κ2) is 1.65. The molecule has 0 spiro atoms. The number of ether oxygens (including phenoxy) is 1. The maximum atomic E-state index is 5.69. The molecule has 11 heavy (non-hydrogen) atoms. The van der Waals surface area contributed by atoms with Gasteiger partial charge in [-0.15, -0.1) is 0 Å². The van der Waals surface area contributed by atoms with E-state index in [0.29, 0.717) is 5.92 Å². The third-order valence-corrected chi connectivity index (χ3v) is 3.71. The smallest absolute Gasteiger partial charge is 0.0991 e. The highest BCUT2D eigenvalue weighted by molar-refractivity contribution is 5.35. The van der Waals surface area contributed by atoms with Crippen LogP contribution in [0.15, 0.2) is 11.3 Å². The van der Waals surface area contributed by atoms with Crippen molar-refractivity contribution in [3.63, 3.8) is 0 Å². The first-order valence-corrected chi connectivity index (χ1v) is 4.65. The van der Waals surface area contributed by atoms with Gasteiger partial charge in [0.2, 0.25) is 0 Å². The molecule has 4 atom stereocenters. The summed E-state index contributed by atoms with van der Waals surface area (Å²) >= 11 is 0. The van der Waals surface area contributed by atoms with Gasteiger partial charge in [0, 0.05) is 11.8 Å². The molecule has 1 aliphatic heterocycles. The van der Waals surface area contributed by atoms with Crippen LogP contribution in [0.4, 0.5) is 0 Å². The van der Waals surface area contributed by atoms with Crippen molar-refractivity contribution in [2.75, 3.05) is 6.61 Å². The Balaban J connectivity index is 1.99. The highest BCUT2D eigenvalue weighted by Crippen LogP contribution is 2.59. The van der Waals surface area contributed by atoms with Gasteiger partial charge in [-0.25, -0.2) is 0 Å². The molecular formula is C10H14O. The summed E-state index contributed by atoms with van der Waals surface area (Å²) in [6.07, 6.45) is 1.41. The zero-order chi connectivity index (χ0) is 7.59. The topological polar surface area (TPSA) is 9.23 Å². The van der Waals surface area contributed by atoms with Crippen LogP contribution in [0, 0.1) is 23.7 Å². The third-order valence-electron chi connectivity index (χ3n) is 3.71. The van der Waals surface area contributed by atoms with Crippen molar-refractivity contribution in [3.8, 4) is 0 Å². The first-order valence-electron chi connectivity index (χ1n) is 4.65. The largest absolute Gasteiger partial charge is 0.497 e. The van der Waals surface area contributed by atoms with Crippen LogP contribution in [-0.4, -0.2) is 6.61 Å². The third kappa shape index (κ3) is 0.582. The van der Waals surface area contributed by atoms with Crippen LogP contribution in [0.1, 0.15) is 20.3 Å². The molecule has 0 radical (unpaired) electrons. The van der Waals surface area contributed by atoms with Gasteiger partial charge in [-0.3, -0.25) is 0 Å². The Morgan fingerprint density at radius 2 is 2.09 bits per heavy atom. The van der Waals surface area contributed by atoms with E-state index < -0.39 is 0 Å². The Morgan fingerprint density at radius 1 is 1.27 bits per heavy atom. The van der Waals surface area contributed by atoms with Crippen LogP contribution in [0.25, 0.3) is 0 Å². The molecule has 0 bridgehead atoms. The molecule has 0 aromatic rings. The standard InChI is InChI=1S/C10H14O/c1-5-6(2)10-9(5)8-3-7(8)4-11-10/h5-8H,3-4H2,1-2H3. The fourth-order valence-corrected chi connectivity index (χ4v) is 2.63. The van der Waals surface area contributed by atoms with Gasteiger partial charge < -0.3 is 4.74 Å². The van der Waals surface area contributed by atoms with E-state index in [2.05, 4.69) is 13.8 Å². The van der Waals surface area contributed by atoms with Crippen molar-refractivity contribution in [1.82, 2.24) is 0 Å². The van der Waals surface area contributed by atoms with Gasteiger partial charge >= 0.3 is 0 Å². The average Bonchev–Trinajstić information content (AvgIpc) is 2.78. The van der Waals surface area contributed by atoms with Gasteiger partial charge in [0.1, 0.15) is 0 Å². The summed E-state index contributed by atoms with van der Waals surface area (Å²) in [6, 6.07) is 0. The van der Waals surface area contributed by atoms with E-state index in [-0.39, 0.29) is 0 Å². The minimum absolute atomic E-state index is 0.714. The first kappa shape index (κ1) is 6.10. The molecule has 1 heterocycles. The fraction of sp³-hybridized carbons (Fsp3) is 0.800. The van der Waals surface area contributed by atoms with E-state index >= 15 is 0 Å². The summed E-state index contributed by atoms with van der Waals surface area (Å²) in [4.78, 5) is 0. The van der Waals surface area contributed by atoms with Crippen LogP contribution in [0.3, 0.4) is 0 Å². The fourth-order valence-electron chi connectivity index (χ4n) is 2.63. The molecule has 3 aliphatic rings. The summed E-state index contributed by atoms with van der Waals surface area (Å²) in [7, 11) is 0. The minimum Gasteiger partial charge on any atom is -0.497 e. The van der Waals surface area contributed by atoms with Crippen molar-refractivity contribution in [3.05, 3.63) is 11.3 Å². The lowest BCUT2D eigenvalue weighted by molar-refractivity contribution is 0.0974. The Morgan fingerprint density at radius 3 is 2.91 bits per heavy atom. The second-order valence-electron chi connectivity index (χ2n) is 4.31. The van der Waals surface area contributed by atoms with Crippen LogP contribution in [0.5, 0.6) is 0 Å². The number of hydrogen-bond donors (Lipinski definition) is 0. The van der Waals surface area contributed by atoms with E-state index in [0.717, 1.165) is 24.4 Å². The summed E-state index contributed by atoms with van der Waals surface area (Å²) in [6.45, 7) is 5.64. The van der Waals surface area contributed by atoms with Crippen LogP contribution in [-0.2, 0) is 4.74 Å². The van der Waals surface area contributed by atoms with Gasteiger partial charge in [-0.05, 0) is 23.8 Å². The van der Waals surface area contributed by atoms with Crippen LogP contribution < -0.4 is 0 Å². The summed E-state index contributed by atoms with van der Waals surface area (Å²) in [5.41, 5.74) is 1.67. The molecule has 3 rings (SSSR count). The second-order valence-corrected chi connectivity index (χ2v) is 4.31. The lowest BCUT2D eigenvalue weighted by Crippen LogP contribution is -2.32. The van der Waals surface area contributed by atoms with Gasteiger partial charge in [0.25, 0.3) is 0 Å². The average molecular weight is 150 g/mol. The maximum absolute atomic E-state index is 5.69. The molecule has 1 fully saturated rings. The Labute approximate surface area is 67.4 Å². The number of rotatable bonds is 0. The van der Waals surface area contributed by atoms with Gasteiger partial charge in [-0.2, -0.15) is 0 Å². The number of hydrogen-bond acceptors (Lipinski definition) is 1. The molecule has 2 aliphatic carbocycles. The molecule has 0 saturated heterocycles. The molecule has 0 aromatic carbocycles. The zero-order valence-corrected chi connectivity index (χ0v) is 7.13. The Kier molecular flexibility index (Phi) is 0.915. The summed E-state index contributed by atoms with van der Waals surface area (Å²) in [5, 5.41) is 0. The van der Waals surface area contributed by atoms with Gasteiger partial charge in [-0.1, -0.05) is 13.8 Å². The zero-order valence-electron chi connectivity index (χ0n) is 7.13. The molecule has 0 aromatic heterocycles. The van der Waals surface area contributed by atoms with Crippen molar-refractivity contribution >= 4 is 0 Å². The van der Waals surface area contributed by atoms with E-state index in [4.69, 9.17) is 4.74 Å². The highest BCUT2D eigenvalue weighted by atomic mass is 16.5. The maximum Gasteiger partial charge on any atom is 0.0991 e. The van der Waals surface area contributed by atoms with Crippen molar-refractivity contribution in [2.45, 2.75) is 20.3 Å². The van der Waals surface area contributed by atoms with E-state index in [9.17, 15) is 0 Å². The summed E-state index contributed by atoms with van der Waals surface area (Å²) < 4.78 is 5.69. The molecular weight excluding hydrogens is 136 g/mol. The molecule has 0 amide bonds. The first-order chi connectivity index (χ1) is 5.29. The number of fused-ring (bicyclic) bond motifs is 2. The Hall–Kier alpha value is -0.460.